The summed E-state index contributed by atoms with van der Waals surface area (Å²) in [6.07, 6.45) is 7.39. The molecule has 0 spiro atoms. The van der Waals surface area contributed by atoms with Crippen molar-refractivity contribution in [2.45, 2.75) is 44.9 Å². The van der Waals surface area contributed by atoms with Gasteiger partial charge in [-0.15, -0.1) is 0 Å². The lowest BCUT2D eigenvalue weighted by Gasteiger charge is -2.21. The van der Waals surface area contributed by atoms with Gasteiger partial charge in [0.2, 0.25) is 0 Å². The predicted molar refractivity (Wildman–Crippen MR) is 101 cm³/mol. The number of benzene rings is 1. The average Bonchev–Trinajstić information content (AvgIpc) is 3.04. The van der Waals surface area contributed by atoms with E-state index in [1.54, 1.807) is 6.07 Å². The van der Waals surface area contributed by atoms with Gasteiger partial charge in [0.05, 0.1) is 11.2 Å². The number of carbonyl (C=O) groups excluding carboxylic acids is 1. The van der Waals surface area contributed by atoms with E-state index in [1.165, 1.54) is 25.5 Å². The van der Waals surface area contributed by atoms with Crippen molar-refractivity contribution < 1.29 is 13.6 Å². The molecule has 1 aliphatic carbocycles. The van der Waals surface area contributed by atoms with Crippen molar-refractivity contribution in [3.05, 3.63) is 59.0 Å². The largest absolute Gasteiger partial charge is 0.359 e. The first-order chi connectivity index (χ1) is 13.0. The third-order valence-corrected chi connectivity index (χ3v) is 5.23. The summed E-state index contributed by atoms with van der Waals surface area (Å²) in [6.45, 7) is 1.88. The zero-order chi connectivity index (χ0) is 19.0. The molecule has 1 fully saturated rings. The summed E-state index contributed by atoms with van der Waals surface area (Å²) < 4.78 is 26.9. The number of amides is 1. The van der Waals surface area contributed by atoms with E-state index in [9.17, 15) is 13.6 Å². The third-order valence-electron chi connectivity index (χ3n) is 5.23. The van der Waals surface area contributed by atoms with E-state index in [2.05, 4.69) is 15.3 Å². The number of nitrogens with zero attached hydrogens (tertiary/aromatic N) is 1. The fourth-order valence-corrected chi connectivity index (χ4v) is 3.85. The Balaban J connectivity index is 1.61. The van der Waals surface area contributed by atoms with Crippen LogP contribution in [-0.4, -0.2) is 15.9 Å². The van der Waals surface area contributed by atoms with Gasteiger partial charge in [0.1, 0.15) is 0 Å². The molecule has 4 rings (SSSR count). The minimum atomic E-state index is -0.947. The zero-order valence-corrected chi connectivity index (χ0v) is 15.1. The summed E-state index contributed by atoms with van der Waals surface area (Å²) in [5.74, 6) is -1.76. The molecule has 0 radical (unpaired) electrons. The fourth-order valence-electron chi connectivity index (χ4n) is 3.85. The first-order valence-corrected chi connectivity index (χ1v) is 9.27. The van der Waals surface area contributed by atoms with Crippen molar-refractivity contribution in [3.63, 3.8) is 0 Å². The Bertz CT molecular complexity index is 1010. The molecule has 6 heteroatoms. The topological polar surface area (TPSA) is 57.8 Å². The van der Waals surface area contributed by atoms with Crippen LogP contribution in [0.5, 0.6) is 0 Å². The highest BCUT2D eigenvalue weighted by atomic mass is 19.2. The second-order valence-corrected chi connectivity index (χ2v) is 7.23. The van der Waals surface area contributed by atoms with Crippen LogP contribution in [0.3, 0.4) is 0 Å². The Kier molecular flexibility index (Phi) is 4.64. The normalized spacial score (nSPS) is 15.2. The molecule has 4 nitrogen and oxygen atoms in total. The number of fused-ring (bicyclic) bond motifs is 1. The average molecular weight is 369 g/mol. The van der Waals surface area contributed by atoms with Crippen LogP contribution in [0.2, 0.25) is 0 Å². The first-order valence-electron chi connectivity index (χ1n) is 9.27. The highest BCUT2D eigenvalue weighted by Crippen LogP contribution is 2.32. The Morgan fingerprint density at radius 2 is 1.85 bits per heavy atom. The van der Waals surface area contributed by atoms with Gasteiger partial charge < -0.3 is 10.3 Å². The number of halogens is 2. The van der Waals surface area contributed by atoms with Crippen molar-refractivity contribution in [1.29, 1.82) is 0 Å². The Hall–Kier alpha value is -2.76. The Morgan fingerprint density at radius 3 is 2.63 bits per heavy atom. The molecule has 3 aromatic rings. The van der Waals surface area contributed by atoms with Gasteiger partial charge in [-0.2, -0.15) is 0 Å². The summed E-state index contributed by atoms with van der Waals surface area (Å²) in [4.78, 5) is 20.3. The molecule has 2 aromatic heterocycles. The van der Waals surface area contributed by atoms with Crippen molar-refractivity contribution in [2.75, 3.05) is 5.32 Å². The summed E-state index contributed by atoms with van der Waals surface area (Å²) in [5.41, 5.74) is 3.14. The standard InChI is InChI=1S/C21H21F2N3O/c1-12-7-14(8-18(25-12)13-5-3-2-4-6-13)21(27)26-20-11-24-19-10-17(23)16(22)9-15(19)20/h7-11,13,24H,2-6H2,1H3,(H,26,27). The number of carbonyl (C=O) groups is 1. The second kappa shape index (κ2) is 7.10. The van der Waals surface area contributed by atoms with E-state index < -0.39 is 11.6 Å². The number of rotatable bonds is 3. The van der Waals surface area contributed by atoms with Crippen LogP contribution in [0.1, 0.15) is 59.8 Å². The second-order valence-electron chi connectivity index (χ2n) is 7.23. The lowest BCUT2D eigenvalue weighted by molar-refractivity contribution is 0.102. The predicted octanol–water partition coefficient (Wildman–Crippen LogP) is 5.45. The Labute approximate surface area is 156 Å². The molecule has 1 amide bonds. The molecule has 0 aliphatic heterocycles. The minimum Gasteiger partial charge on any atom is -0.359 e. The highest BCUT2D eigenvalue weighted by Gasteiger charge is 2.19. The van der Waals surface area contributed by atoms with Gasteiger partial charge >= 0.3 is 0 Å². The van der Waals surface area contributed by atoms with Gasteiger partial charge in [0, 0.05) is 40.5 Å². The zero-order valence-electron chi connectivity index (χ0n) is 15.1. The molecule has 1 aliphatic rings. The number of hydrogen-bond acceptors (Lipinski definition) is 2. The van der Waals surface area contributed by atoms with Gasteiger partial charge in [0.15, 0.2) is 11.6 Å². The number of aromatic nitrogens is 2. The number of anilines is 1. The Morgan fingerprint density at radius 1 is 1.11 bits per heavy atom. The number of H-pyrrole nitrogens is 1. The van der Waals surface area contributed by atoms with Crippen LogP contribution in [0, 0.1) is 18.6 Å². The number of aryl methyl sites for hydroxylation is 1. The molecule has 140 valence electrons. The lowest BCUT2D eigenvalue weighted by atomic mass is 9.86. The van der Waals surface area contributed by atoms with Crippen LogP contribution < -0.4 is 5.32 Å². The fraction of sp³-hybridized carbons (Fsp3) is 0.333. The van der Waals surface area contributed by atoms with Gasteiger partial charge in [-0.1, -0.05) is 19.3 Å². The van der Waals surface area contributed by atoms with Gasteiger partial charge in [-0.05, 0) is 38.0 Å². The lowest BCUT2D eigenvalue weighted by Crippen LogP contribution is -2.14. The van der Waals surface area contributed by atoms with E-state index >= 15 is 0 Å². The van der Waals surface area contributed by atoms with Gasteiger partial charge in [0.25, 0.3) is 5.91 Å². The van der Waals surface area contributed by atoms with E-state index in [1.807, 2.05) is 13.0 Å². The molecule has 2 N–H and O–H groups in total. The number of hydrogen-bond donors (Lipinski definition) is 2. The molecule has 0 unspecified atom stereocenters. The quantitative estimate of drug-likeness (QED) is 0.645. The number of nitrogens with one attached hydrogen (secondary N) is 2. The van der Waals surface area contributed by atoms with Crippen molar-refractivity contribution in [1.82, 2.24) is 9.97 Å². The molecular weight excluding hydrogens is 348 g/mol. The van der Waals surface area contributed by atoms with Crippen LogP contribution in [0.4, 0.5) is 14.5 Å². The number of pyridine rings is 1. The first kappa shape index (κ1) is 17.6. The highest BCUT2D eigenvalue weighted by molar-refractivity contribution is 6.09. The summed E-state index contributed by atoms with van der Waals surface area (Å²) in [5, 5.41) is 3.23. The van der Waals surface area contributed by atoms with Crippen molar-refractivity contribution in [2.24, 2.45) is 0 Å². The SMILES string of the molecule is Cc1cc(C(=O)Nc2c[nH]c3cc(F)c(F)cc23)cc(C2CCCCC2)n1. The summed E-state index contributed by atoms with van der Waals surface area (Å²) in [6, 6.07) is 5.77. The molecule has 0 saturated heterocycles. The summed E-state index contributed by atoms with van der Waals surface area (Å²) in [7, 11) is 0. The molecule has 1 saturated carbocycles. The molecular formula is C21H21F2N3O. The van der Waals surface area contributed by atoms with Crippen LogP contribution in [0.15, 0.2) is 30.5 Å². The van der Waals surface area contributed by atoms with Crippen LogP contribution in [0.25, 0.3) is 10.9 Å². The van der Waals surface area contributed by atoms with Crippen LogP contribution in [-0.2, 0) is 0 Å². The molecule has 2 heterocycles. The summed E-state index contributed by atoms with van der Waals surface area (Å²) >= 11 is 0. The number of aromatic amines is 1. The van der Waals surface area contributed by atoms with Gasteiger partial charge in [-0.25, -0.2) is 8.78 Å². The molecule has 27 heavy (non-hydrogen) atoms. The van der Waals surface area contributed by atoms with Crippen molar-refractivity contribution >= 4 is 22.5 Å². The van der Waals surface area contributed by atoms with E-state index in [-0.39, 0.29) is 5.91 Å². The third kappa shape index (κ3) is 3.56. The van der Waals surface area contributed by atoms with Crippen molar-refractivity contribution in [3.8, 4) is 0 Å². The molecule has 0 atom stereocenters. The molecule has 0 bridgehead atoms. The maximum Gasteiger partial charge on any atom is 0.255 e. The monoisotopic (exact) mass is 369 g/mol. The van der Waals surface area contributed by atoms with Crippen LogP contribution >= 0.6 is 0 Å². The van der Waals surface area contributed by atoms with Gasteiger partial charge in [-0.3, -0.25) is 9.78 Å². The van der Waals surface area contributed by atoms with E-state index in [0.29, 0.717) is 28.1 Å². The smallest absolute Gasteiger partial charge is 0.255 e. The maximum absolute atomic E-state index is 13.6. The molecule has 1 aromatic carbocycles. The van der Waals surface area contributed by atoms with E-state index in [0.717, 1.165) is 36.4 Å². The van der Waals surface area contributed by atoms with E-state index in [4.69, 9.17) is 0 Å². The minimum absolute atomic E-state index is 0.289. The maximum atomic E-state index is 13.6.